The van der Waals surface area contributed by atoms with Crippen molar-refractivity contribution in [2.24, 2.45) is 5.92 Å². The third kappa shape index (κ3) is 4.31. The van der Waals surface area contributed by atoms with Crippen LogP contribution in [0.1, 0.15) is 19.4 Å². The lowest BCUT2D eigenvalue weighted by Crippen LogP contribution is -2.22. The molecule has 0 spiro atoms. The maximum atomic E-state index is 13.4. The van der Waals surface area contributed by atoms with Crippen LogP contribution in [0.3, 0.4) is 0 Å². The molecule has 1 N–H and O–H groups in total. The standard InChI is InChI=1S/C12H17BrFN/c1-3-15-8-9(2)6-10-7-11(13)4-5-12(10)14/h4-5,7,9,15H,3,6,8H2,1-2H3. The molecule has 3 heteroatoms. The lowest BCUT2D eigenvalue weighted by molar-refractivity contribution is 0.505. The molecule has 1 rings (SSSR count). The smallest absolute Gasteiger partial charge is 0.126 e. The molecule has 0 aromatic heterocycles. The quantitative estimate of drug-likeness (QED) is 0.868. The Morgan fingerprint density at radius 3 is 2.87 bits per heavy atom. The van der Waals surface area contributed by atoms with E-state index in [-0.39, 0.29) is 5.82 Å². The second-order valence-electron chi connectivity index (χ2n) is 3.85. The first-order valence-corrected chi connectivity index (χ1v) is 6.07. The Kier molecular flexibility index (Phi) is 5.26. The molecule has 0 bridgehead atoms. The van der Waals surface area contributed by atoms with Crippen LogP contribution in [0.4, 0.5) is 4.39 Å². The molecule has 0 aliphatic rings. The molecule has 1 aromatic rings. The molecule has 84 valence electrons. The highest BCUT2D eigenvalue weighted by Gasteiger charge is 2.07. The summed E-state index contributed by atoms with van der Waals surface area (Å²) >= 11 is 3.36. The van der Waals surface area contributed by atoms with Gasteiger partial charge in [-0.3, -0.25) is 0 Å². The number of halogens is 2. The van der Waals surface area contributed by atoms with Crippen LogP contribution >= 0.6 is 15.9 Å². The van der Waals surface area contributed by atoms with Gasteiger partial charge in [0.15, 0.2) is 0 Å². The van der Waals surface area contributed by atoms with Gasteiger partial charge < -0.3 is 5.32 Å². The SMILES string of the molecule is CCNCC(C)Cc1cc(Br)ccc1F. The molecular formula is C12H17BrFN. The summed E-state index contributed by atoms with van der Waals surface area (Å²) in [5.74, 6) is 0.343. The first-order valence-electron chi connectivity index (χ1n) is 5.28. The van der Waals surface area contributed by atoms with E-state index in [9.17, 15) is 4.39 Å². The predicted molar refractivity (Wildman–Crippen MR) is 65.5 cm³/mol. The minimum atomic E-state index is -0.110. The van der Waals surface area contributed by atoms with Gasteiger partial charge in [0, 0.05) is 4.47 Å². The van der Waals surface area contributed by atoms with Crippen LogP contribution in [0.25, 0.3) is 0 Å². The van der Waals surface area contributed by atoms with Gasteiger partial charge in [-0.2, -0.15) is 0 Å². The molecule has 0 amide bonds. The van der Waals surface area contributed by atoms with Crippen molar-refractivity contribution in [3.05, 3.63) is 34.1 Å². The van der Waals surface area contributed by atoms with E-state index in [1.807, 2.05) is 6.07 Å². The molecule has 0 heterocycles. The fourth-order valence-electron chi connectivity index (χ4n) is 1.54. The Balaban J connectivity index is 2.59. The van der Waals surface area contributed by atoms with Crippen molar-refractivity contribution >= 4 is 15.9 Å². The van der Waals surface area contributed by atoms with Gasteiger partial charge in [0.05, 0.1) is 0 Å². The number of benzene rings is 1. The van der Waals surface area contributed by atoms with Crippen molar-refractivity contribution in [1.82, 2.24) is 5.32 Å². The summed E-state index contributed by atoms with van der Waals surface area (Å²) in [5.41, 5.74) is 0.787. The van der Waals surface area contributed by atoms with Gasteiger partial charge in [-0.15, -0.1) is 0 Å². The van der Waals surface area contributed by atoms with Gasteiger partial charge in [0.1, 0.15) is 5.82 Å². The predicted octanol–water partition coefficient (Wildman–Crippen LogP) is 3.38. The van der Waals surface area contributed by atoms with Gasteiger partial charge in [-0.1, -0.05) is 29.8 Å². The second-order valence-corrected chi connectivity index (χ2v) is 4.77. The summed E-state index contributed by atoms with van der Waals surface area (Å²) in [4.78, 5) is 0. The van der Waals surface area contributed by atoms with E-state index in [4.69, 9.17) is 0 Å². The summed E-state index contributed by atoms with van der Waals surface area (Å²) in [7, 11) is 0. The molecule has 0 aliphatic heterocycles. The van der Waals surface area contributed by atoms with Crippen LogP contribution < -0.4 is 5.32 Å². The Morgan fingerprint density at radius 1 is 1.47 bits per heavy atom. The molecule has 1 unspecified atom stereocenters. The highest BCUT2D eigenvalue weighted by atomic mass is 79.9. The molecule has 1 nitrogen and oxygen atoms in total. The van der Waals surface area contributed by atoms with Gasteiger partial charge in [-0.25, -0.2) is 4.39 Å². The van der Waals surface area contributed by atoms with E-state index >= 15 is 0 Å². The average Bonchev–Trinajstić information content (AvgIpc) is 2.20. The number of nitrogens with one attached hydrogen (secondary N) is 1. The van der Waals surface area contributed by atoms with Crippen LogP contribution in [0, 0.1) is 11.7 Å². The number of hydrogen-bond donors (Lipinski definition) is 1. The molecule has 1 aromatic carbocycles. The van der Waals surface area contributed by atoms with E-state index in [2.05, 4.69) is 35.1 Å². The maximum absolute atomic E-state index is 13.4. The molecule has 0 saturated carbocycles. The average molecular weight is 274 g/mol. The van der Waals surface area contributed by atoms with Crippen LogP contribution in [0.2, 0.25) is 0 Å². The lowest BCUT2D eigenvalue weighted by Gasteiger charge is -2.12. The van der Waals surface area contributed by atoms with E-state index in [0.29, 0.717) is 5.92 Å². The molecular weight excluding hydrogens is 257 g/mol. The molecule has 0 fully saturated rings. The molecule has 0 aliphatic carbocycles. The van der Waals surface area contributed by atoms with Gasteiger partial charge in [0.2, 0.25) is 0 Å². The van der Waals surface area contributed by atoms with E-state index in [1.54, 1.807) is 6.07 Å². The zero-order valence-electron chi connectivity index (χ0n) is 9.19. The molecule has 0 radical (unpaired) electrons. The lowest BCUT2D eigenvalue weighted by atomic mass is 10.0. The summed E-state index contributed by atoms with van der Waals surface area (Å²) < 4.78 is 14.4. The Hall–Kier alpha value is -0.410. The maximum Gasteiger partial charge on any atom is 0.126 e. The zero-order valence-corrected chi connectivity index (χ0v) is 10.8. The van der Waals surface area contributed by atoms with Crippen LogP contribution in [-0.4, -0.2) is 13.1 Å². The summed E-state index contributed by atoms with van der Waals surface area (Å²) in [6.07, 6.45) is 0.776. The third-order valence-electron chi connectivity index (χ3n) is 2.32. The number of hydrogen-bond acceptors (Lipinski definition) is 1. The molecule has 0 saturated heterocycles. The van der Waals surface area contributed by atoms with Crippen molar-refractivity contribution in [3.8, 4) is 0 Å². The first kappa shape index (κ1) is 12.7. The zero-order chi connectivity index (χ0) is 11.3. The third-order valence-corrected chi connectivity index (χ3v) is 2.81. The van der Waals surface area contributed by atoms with Crippen molar-refractivity contribution < 1.29 is 4.39 Å². The van der Waals surface area contributed by atoms with Crippen molar-refractivity contribution in [3.63, 3.8) is 0 Å². The Bertz CT molecular complexity index is 314. The summed E-state index contributed by atoms with van der Waals surface area (Å²) in [6, 6.07) is 5.10. The topological polar surface area (TPSA) is 12.0 Å². The summed E-state index contributed by atoms with van der Waals surface area (Å²) in [5, 5.41) is 3.27. The Labute approximate surface area is 99.2 Å². The van der Waals surface area contributed by atoms with Gasteiger partial charge in [-0.05, 0) is 49.2 Å². The van der Waals surface area contributed by atoms with E-state index < -0.39 is 0 Å². The van der Waals surface area contributed by atoms with Gasteiger partial charge in [0.25, 0.3) is 0 Å². The van der Waals surface area contributed by atoms with Crippen molar-refractivity contribution in [2.75, 3.05) is 13.1 Å². The van der Waals surface area contributed by atoms with E-state index in [0.717, 1.165) is 29.5 Å². The minimum Gasteiger partial charge on any atom is -0.317 e. The minimum absolute atomic E-state index is 0.110. The van der Waals surface area contributed by atoms with Crippen LogP contribution in [0.5, 0.6) is 0 Å². The monoisotopic (exact) mass is 273 g/mol. The fraction of sp³-hybridized carbons (Fsp3) is 0.500. The molecule has 15 heavy (non-hydrogen) atoms. The fourth-order valence-corrected chi connectivity index (χ4v) is 1.95. The summed E-state index contributed by atoms with van der Waals surface area (Å²) in [6.45, 7) is 6.10. The first-order chi connectivity index (χ1) is 7.13. The highest BCUT2D eigenvalue weighted by Crippen LogP contribution is 2.18. The largest absolute Gasteiger partial charge is 0.317 e. The molecule has 1 atom stereocenters. The van der Waals surface area contributed by atoms with Crippen molar-refractivity contribution in [1.29, 1.82) is 0 Å². The second kappa shape index (κ2) is 6.23. The van der Waals surface area contributed by atoms with E-state index in [1.165, 1.54) is 6.07 Å². The number of rotatable bonds is 5. The van der Waals surface area contributed by atoms with Crippen molar-refractivity contribution in [2.45, 2.75) is 20.3 Å². The van der Waals surface area contributed by atoms with Crippen LogP contribution in [0.15, 0.2) is 22.7 Å². The normalized spacial score (nSPS) is 12.8. The van der Waals surface area contributed by atoms with Gasteiger partial charge >= 0.3 is 0 Å². The Morgan fingerprint density at radius 2 is 2.20 bits per heavy atom. The van der Waals surface area contributed by atoms with Crippen LogP contribution in [-0.2, 0) is 6.42 Å². The highest BCUT2D eigenvalue weighted by molar-refractivity contribution is 9.10.